The summed E-state index contributed by atoms with van der Waals surface area (Å²) >= 11 is 3.52. The van der Waals surface area contributed by atoms with Gasteiger partial charge in [0.2, 0.25) is 0 Å². The van der Waals surface area contributed by atoms with Gasteiger partial charge < -0.3 is 19.5 Å². The van der Waals surface area contributed by atoms with Gasteiger partial charge in [0.15, 0.2) is 5.78 Å². The number of benzene rings is 1. The Morgan fingerprint density at radius 2 is 1.86 bits per heavy atom. The third kappa shape index (κ3) is 3.80. The Kier molecular flexibility index (Phi) is 5.81. The molecule has 0 amide bonds. The van der Waals surface area contributed by atoms with Crippen LogP contribution >= 0.6 is 15.9 Å². The molecule has 1 aromatic carbocycles. The summed E-state index contributed by atoms with van der Waals surface area (Å²) in [7, 11) is 4.47. The fraction of sp³-hybridized carbons (Fsp3) is 0.455. The largest absolute Gasteiger partial charge is 0.497 e. The first-order valence-corrected chi connectivity index (χ1v) is 10.2. The van der Waals surface area contributed by atoms with Crippen LogP contribution in [0.3, 0.4) is 0 Å². The number of carbonyl (C=O) groups is 2. The number of esters is 1. The van der Waals surface area contributed by atoms with E-state index in [0.29, 0.717) is 51.2 Å². The molecule has 0 radical (unpaired) electrons. The van der Waals surface area contributed by atoms with Crippen molar-refractivity contribution in [3.8, 4) is 11.5 Å². The number of hydrogen-bond acceptors (Lipinski definition) is 6. The molecule has 29 heavy (non-hydrogen) atoms. The molecule has 1 aromatic rings. The molecule has 6 nitrogen and oxygen atoms in total. The van der Waals surface area contributed by atoms with Crippen LogP contribution in [0.5, 0.6) is 11.5 Å². The number of rotatable bonds is 4. The Hall–Kier alpha value is -2.28. The summed E-state index contributed by atoms with van der Waals surface area (Å²) in [6.45, 7) is 5.97. The molecule has 0 saturated carbocycles. The van der Waals surface area contributed by atoms with Gasteiger partial charge in [-0.05, 0) is 46.8 Å². The summed E-state index contributed by atoms with van der Waals surface area (Å²) in [5, 5.41) is 3.30. The summed E-state index contributed by atoms with van der Waals surface area (Å²) in [5.74, 6) is 0.0766. The van der Waals surface area contributed by atoms with Gasteiger partial charge in [0.1, 0.15) is 11.5 Å². The van der Waals surface area contributed by atoms with Gasteiger partial charge >= 0.3 is 5.97 Å². The Morgan fingerprint density at radius 1 is 1.17 bits per heavy atom. The zero-order valence-corrected chi connectivity index (χ0v) is 19.2. The molecule has 1 heterocycles. The topological polar surface area (TPSA) is 73.9 Å². The number of halogens is 1. The molecule has 0 saturated heterocycles. The normalized spacial score (nSPS) is 20.8. The van der Waals surface area contributed by atoms with E-state index in [2.05, 4.69) is 35.1 Å². The van der Waals surface area contributed by atoms with Crippen LogP contribution in [-0.4, -0.2) is 33.1 Å². The Bertz CT molecular complexity index is 945. The van der Waals surface area contributed by atoms with E-state index in [1.165, 1.54) is 7.11 Å². The molecule has 1 aliphatic heterocycles. The van der Waals surface area contributed by atoms with Crippen LogP contribution < -0.4 is 14.8 Å². The minimum Gasteiger partial charge on any atom is -0.497 e. The second-order valence-electron chi connectivity index (χ2n) is 8.15. The van der Waals surface area contributed by atoms with E-state index in [4.69, 9.17) is 14.2 Å². The van der Waals surface area contributed by atoms with Crippen LogP contribution in [-0.2, 0) is 14.3 Å². The fourth-order valence-electron chi connectivity index (χ4n) is 4.26. The number of Topliss-reactive ketones (excluding diaryl/α,β-unsaturated/α-hetero) is 1. The Balaban J connectivity index is 2.33. The lowest BCUT2D eigenvalue weighted by molar-refractivity contribution is -0.136. The summed E-state index contributed by atoms with van der Waals surface area (Å²) in [6, 6.07) is 3.60. The first-order chi connectivity index (χ1) is 13.6. The minimum absolute atomic E-state index is 0.0173. The molecular weight excluding hydrogens is 438 g/mol. The molecule has 0 bridgehead atoms. The molecule has 7 heteroatoms. The molecule has 3 rings (SSSR count). The van der Waals surface area contributed by atoms with E-state index in [9.17, 15) is 9.59 Å². The fourth-order valence-corrected chi connectivity index (χ4v) is 4.88. The quantitative estimate of drug-likeness (QED) is 0.672. The minimum atomic E-state index is -0.608. The predicted octanol–water partition coefficient (Wildman–Crippen LogP) is 4.24. The number of ketones is 1. The second-order valence-corrected chi connectivity index (χ2v) is 9.01. The van der Waals surface area contributed by atoms with E-state index >= 15 is 0 Å². The van der Waals surface area contributed by atoms with Crippen molar-refractivity contribution in [2.24, 2.45) is 5.41 Å². The van der Waals surface area contributed by atoms with Gasteiger partial charge in [-0.15, -0.1) is 0 Å². The third-order valence-electron chi connectivity index (χ3n) is 5.44. The van der Waals surface area contributed by atoms with Gasteiger partial charge in [-0.25, -0.2) is 4.79 Å². The molecule has 1 atom stereocenters. The summed E-state index contributed by atoms with van der Waals surface area (Å²) < 4.78 is 16.8. The van der Waals surface area contributed by atoms with Crippen molar-refractivity contribution in [3.63, 3.8) is 0 Å². The highest BCUT2D eigenvalue weighted by atomic mass is 79.9. The number of carbonyl (C=O) groups excluding carboxylic acids is 2. The first-order valence-electron chi connectivity index (χ1n) is 9.37. The van der Waals surface area contributed by atoms with E-state index < -0.39 is 11.9 Å². The summed E-state index contributed by atoms with van der Waals surface area (Å²) in [4.78, 5) is 26.0. The average Bonchev–Trinajstić information content (AvgIpc) is 2.64. The lowest BCUT2D eigenvalue weighted by Gasteiger charge is -2.39. The molecule has 1 aliphatic carbocycles. The molecule has 2 aliphatic rings. The maximum atomic E-state index is 13.3. The van der Waals surface area contributed by atoms with Crippen LogP contribution in [0.25, 0.3) is 0 Å². The van der Waals surface area contributed by atoms with E-state index in [-0.39, 0.29) is 11.2 Å². The van der Waals surface area contributed by atoms with Crippen molar-refractivity contribution < 1.29 is 23.8 Å². The number of methoxy groups -OCH3 is 3. The van der Waals surface area contributed by atoms with Crippen molar-refractivity contribution >= 4 is 27.7 Å². The lowest BCUT2D eigenvalue weighted by atomic mass is 9.68. The highest BCUT2D eigenvalue weighted by Crippen LogP contribution is 2.50. The van der Waals surface area contributed by atoms with Crippen LogP contribution in [0, 0.1) is 5.41 Å². The highest BCUT2D eigenvalue weighted by Gasteiger charge is 2.44. The third-order valence-corrected chi connectivity index (χ3v) is 6.03. The zero-order valence-electron chi connectivity index (χ0n) is 17.6. The molecule has 0 aromatic heterocycles. The van der Waals surface area contributed by atoms with Gasteiger partial charge in [0.25, 0.3) is 0 Å². The number of ether oxygens (including phenoxy) is 3. The van der Waals surface area contributed by atoms with Crippen molar-refractivity contribution in [2.75, 3.05) is 21.3 Å². The van der Waals surface area contributed by atoms with Crippen LogP contribution in [0.2, 0.25) is 0 Å². The molecule has 0 unspecified atom stereocenters. The van der Waals surface area contributed by atoms with Crippen molar-refractivity contribution in [1.82, 2.24) is 5.32 Å². The van der Waals surface area contributed by atoms with Gasteiger partial charge in [-0.3, -0.25) is 4.79 Å². The molecule has 0 spiro atoms. The monoisotopic (exact) mass is 463 g/mol. The lowest BCUT2D eigenvalue weighted by Crippen LogP contribution is -2.38. The Morgan fingerprint density at radius 3 is 2.45 bits per heavy atom. The van der Waals surface area contributed by atoms with Crippen LogP contribution in [0.1, 0.15) is 45.1 Å². The number of hydrogen-bond donors (Lipinski definition) is 1. The van der Waals surface area contributed by atoms with Crippen LogP contribution in [0.4, 0.5) is 0 Å². The second kappa shape index (κ2) is 7.86. The first kappa shape index (κ1) is 21.4. The number of allylic oxidation sites excluding steroid dienone is 3. The van der Waals surface area contributed by atoms with Crippen molar-refractivity contribution in [1.29, 1.82) is 0 Å². The van der Waals surface area contributed by atoms with Crippen LogP contribution in [0.15, 0.2) is 39.1 Å². The maximum absolute atomic E-state index is 13.3. The standard InChI is InChI=1S/C22H26BrNO5/c1-11-17(21(26)29-6)18(13-7-12(27-4)8-14(23)20(13)28-5)19-15(24-11)9-22(2,3)10-16(19)25/h7-8,18,24H,9-10H2,1-6H3/t18-/m1/s1. The van der Waals surface area contributed by atoms with E-state index in [0.717, 1.165) is 5.70 Å². The summed E-state index contributed by atoms with van der Waals surface area (Å²) in [5.41, 5.74) is 3.04. The molecular formula is C22H26BrNO5. The van der Waals surface area contributed by atoms with Gasteiger partial charge in [-0.1, -0.05) is 13.8 Å². The van der Waals surface area contributed by atoms with Crippen molar-refractivity contribution in [2.45, 2.75) is 39.5 Å². The SMILES string of the molecule is COC(=O)C1=C(C)NC2=C(C(=O)CC(C)(C)C2)[C@@H]1c1cc(OC)cc(Br)c1OC. The average molecular weight is 464 g/mol. The molecule has 156 valence electrons. The number of nitrogens with one attached hydrogen (secondary N) is 1. The van der Waals surface area contributed by atoms with Gasteiger partial charge in [0.05, 0.1) is 37.3 Å². The predicted molar refractivity (Wildman–Crippen MR) is 113 cm³/mol. The van der Waals surface area contributed by atoms with Gasteiger partial charge in [-0.2, -0.15) is 0 Å². The zero-order chi connectivity index (χ0) is 21.5. The Labute approximate surface area is 179 Å². The maximum Gasteiger partial charge on any atom is 0.336 e. The summed E-state index contributed by atoms with van der Waals surface area (Å²) in [6.07, 6.45) is 1.12. The highest BCUT2D eigenvalue weighted by molar-refractivity contribution is 9.10. The molecule has 1 N–H and O–H groups in total. The van der Waals surface area contributed by atoms with Crippen molar-refractivity contribution in [3.05, 3.63) is 44.7 Å². The smallest absolute Gasteiger partial charge is 0.336 e. The number of dihydropyridines is 1. The van der Waals surface area contributed by atoms with E-state index in [1.807, 2.05) is 13.0 Å². The van der Waals surface area contributed by atoms with Gasteiger partial charge in [0, 0.05) is 29.0 Å². The van der Waals surface area contributed by atoms with E-state index in [1.54, 1.807) is 20.3 Å². The molecule has 0 fully saturated rings.